The van der Waals surface area contributed by atoms with Crippen molar-refractivity contribution in [2.24, 2.45) is 0 Å². The summed E-state index contributed by atoms with van der Waals surface area (Å²) in [5, 5.41) is 18.1. The molecule has 2 aromatic heterocycles. The van der Waals surface area contributed by atoms with Crippen molar-refractivity contribution in [1.82, 2.24) is 19.8 Å². The number of anilines is 2. The van der Waals surface area contributed by atoms with Gasteiger partial charge in [0.05, 0.1) is 12.8 Å². The number of hydrogen-bond acceptors (Lipinski definition) is 6. The molecule has 3 aromatic rings. The fourth-order valence-corrected chi connectivity index (χ4v) is 2.80. The second-order valence-electron chi connectivity index (χ2n) is 6.37. The molecule has 4 rings (SSSR count). The Morgan fingerprint density at radius 3 is 2.67 bits per heavy atom. The van der Waals surface area contributed by atoms with E-state index in [0.29, 0.717) is 28.7 Å². The highest BCUT2D eigenvalue weighted by atomic mass is 16.5. The van der Waals surface area contributed by atoms with Gasteiger partial charge in [-0.15, -0.1) is 10.2 Å². The van der Waals surface area contributed by atoms with Gasteiger partial charge in [-0.3, -0.25) is 9.59 Å². The van der Waals surface area contributed by atoms with Crippen LogP contribution in [0.25, 0.3) is 5.65 Å². The first-order valence-electron chi connectivity index (χ1n) is 8.54. The minimum absolute atomic E-state index is 0.204. The predicted molar refractivity (Wildman–Crippen MR) is 98.0 cm³/mol. The van der Waals surface area contributed by atoms with E-state index in [2.05, 4.69) is 25.9 Å². The Labute approximate surface area is 154 Å². The normalized spacial score (nSPS) is 13.4. The first-order chi connectivity index (χ1) is 13.0. The van der Waals surface area contributed by atoms with Crippen LogP contribution in [0.3, 0.4) is 0 Å². The molecule has 138 valence electrons. The van der Waals surface area contributed by atoms with Gasteiger partial charge < -0.3 is 15.4 Å². The Hall–Kier alpha value is -3.49. The SMILES string of the molecule is COc1ccc(NC(C)=O)cc1NC(=O)c1ccc2nnc(C3CC3)n2n1. The maximum atomic E-state index is 12.7. The molecular weight excluding hydrogens is 348 g/mol. The lowest BCUT2D eigenvalue weighted by Gasteiger charge is -2.12. The van der Waals surface area contributed by atoms with Gasteiger partial charge in [0, 0.05) is 18.5 Å². The van der Waals surface area contributed by atoms with Crippen molar-refractivity contribution in [2.45, 2.75) is 25.7 Å². The van der Waals surface area contributed by atoms with Crippen LogP contribution in [0.5, 0.6) is 5.75 Å². The second kappa shape index (κ2) is 6.67. The molecule has 1 aliphatic rings. The number of rotatable bonds is 5. The van der Waals surface area contributed by atoms with Crippen LogP contribution in [-0.2, 0) is 4.79 Å². The van der Waals surface area contributed by atoms with Gasteiger partial charge in [-0.2, -0.15) is 9.61 Å². The van der Waals surface area contributed by atoms with E-state index in [1.165, 1.54) is 14.0 Å². The molecule has 0 spiro atoms. The van der Waals surface area contributed by atoms with Gasteiger partial charge in [0.2, 0.25) is 5.91 Å². The smallest absolute Gasteiger partial charge is 0.276 e. The van der Waals surface area contributed by atoms with Crippen molar-refractivity contribution in [3.05, 3.63) is 41.9 Å². The van der Waals surface area contributed by atoms with Crippen LogP contribution in [0.15, 0.2) is 30.3 Å². The first kappa shape index (κ1) is 17.0. The standard InChI is InChI=1S/C18H18N6O3/c1-10(25)19-12-5-7-15(27-2)14(9-12)20-18(26)13-6-8-16-21-22-17(11-3-4-11)24(16)23-13/h5-9,11H,3-4H2,1-2H3,(H,19,25)(H,20,26). The number of amides is 2. The largest absolute Gasteiger partial charge is 0.495 e. The van der Waals surface area contributed by atoms with E-state index < -0.39 is 5.91 Å². The topological polar surface area (TPSA) is 111 Å². The van der Waals surface area contributed by atoms with Crippen LogP contribution in [0.4, 0.5) is 11.4 Å². The number of aromatic nitrogens is 4. The summed E-state index contributed by atoms with van der Waals surface area (Å²) in [5.41, 5.74) is 1.83. The van der Waals surface area contributed by atoms with Crippen molar-refractivity contribution in [3.63, 3.8) is 0 Å². The van der Waals surface area contributed by atoms with Crippen LogP contribution in [-0.4, -0.2) is 38.7 Å². The van der Waals surface area contributed by atoms with Crippen LogP contribution >= 0.6 is 0 Å². The predicted octanol–water partition coefficient (Wildman–Crippen LogP) is 2.22. The molecule has 2 N–H and O–H groups in total. The van der Waals surface area contributed by atoms with Crippen molar-refractivity contribution in [1.29, 1.82) is 0 Å². The molecule has 0 bridgehead atoms. The highest BCUT2D eigenvalue weighted by Crippen LogP contribution is 2.38. The number of hydrogen-bond donors (Lipinski definition) is 2. The number of carbonyl (C=O) groups excluding carboxylic acids is 2. The highest BCUT2D eigenvalue weighted by Gasteiger charge is 2.29. The summed E-state index contributed by atoms with van der Waals surface area (Å²) in [4.78, 5) is 24.0. The van der Waals surface area contributed by atoms with Crippen LogP contribution in [0, 0.1) is 0 Å². The minimum Gasteiger partial charge on any atom is -0.495 e. The van der Waals surface area contributed by atoms with Gasteiger partial charge in [-0.05, 0) is 43.2 Å². The molecule has 0 atom stereocenters. The lowest BCUT2D eigenvalue weighted by Crippen LogP contribution is -2.16. The fourth-order valence-electron chi connectivity index (χ4n) is 2.80. The summed E-state index contributed by atoms with van der Waals surface area (Å²) in [6, 6.07) is 8.30. The third-order valence-corrected chi connectivity index (χ3v) is 4.23. The molecule has 27 heavy (non-hydrogen) atoms. The number of nitrogens with one attached hydrogen (secondary N) is 2. The highest BCUT2D eigenvalue weighted by molar-refractivity contribution is 6.04. The number of benzene rings is 1. The molecule has 1 fully saturated rings. The Morgan fingerprint density at radius 2 is 1.96 bits per heavy atom. The zero-order chi connectivity index (χ0) is 19.0. The number of ether oxygens (including phenoxy) is 1. The summed E-state index contributed by atoms with van der Waals surface area (Å²) in [5.74, 6) is 1.02. The number of fused-ring (bicyclic) bond motifs is 1. The average molecular weight is 366 g/mol. The van der Waals surface area contributed by atoms with Gasteiger partial charge in [0.1, 0.15) is 11.4 Å². The Bertz CT molecular complexity index is 1040. The molecule has 1 saturated carbocycles. The molecule has 9 heteroatoms. The third-order valence-electron chi connectivity index (χ3n) is 4.23. The molecule has 0 aliphatic heterocycles. The number of carbonyl (C=O) groups is 2. The summed E-state index contributed by atoms with van der Waals surface area (Å²) in [6.07, 6.45) is 2.12. The van der Waals surface area contributed by atoms with Crippen molar-refractivity contribution in [2.75, 3.05) is 17.7 Å². The quantitative estimate of drug-likeness (QED) is 0.716. The van der Waals surface area contributed by atoms with E-state index in [0.717, 1.165) is 18.7 Å². The third kappa shape index (κ3) is 3.43. The molecular formula is C18H18N6O3. The summed E-state index contributed by atoms with van der Waals surface area (Å²) in [6.45, 7) is 1.41. The van der Waals surface area contributed by atoms with Gasteiger partial charge in [0.25, 0.3) is 5.91 Å². The first-order valence-corrected chi connectivity index (χ1v) is 8.54. The summed E-state index contributed by atoms with van der Waals surface area (Å²) in [7, 11) is 1.51. The second-order valence-corrected chi connectivity index (χ2v) is 6.37. The summed E-state index contributed by atoms with van der Waals surface area (Å²) < 4.78 is 6.91. The molecule has 1 aromatic carbocycles. The zero-order valence-corrected chi connectivity index (χ0v) is 14.9. The van der Waals surface area contributed by atoms with E-state index in [1.807, 2.05) is 0 Å². The van der Waals surface area contributed by atoms with E-state index in [9.17, 15) is 9.59 Å². The number of methoxy groups -OCH3 is 1. The number of nitrogens with zero attached hydrogens (tertiary/aromatic N) is 4. The maximum Gasteiger partial charge on any atom is 0.276 e. The molecule has 0 radical (unpaired) electrons. The zero-order valence-electron chi connectivity index (χ0n) is 14.9. The molecule has 1 aliphatic carbocycles. The summed E-state index contributed by atoms with van der Waals surface area (Å²) >= 11 is 0. The lowest BCUT2D eigenvalue weighted by atomic mass is 10.2. The van der Waals surface area contributed by atoms with E-state index in [-0.39, 0.29) is 11.6 Å². The van der Waals surface area contributed by atoms with Crippen LogP contribution in [0.2, 0.25) is 0 Å². The average Bonchev–Trinajstić information content (AvgIpc) is 3.40. The van der Waals surface area contributed by atoms with Gasteiger partial charge >= 0.3 is 0 Å². The Balaban J connectivity index is 1.62. The molecule has 0 saturated heterocycles. The van der Waals surface area contributed by atoms with Crippen molar-refractivity contribution < 1.29 is 14.3 Å². The van der Waals surface area contributed by atoms with Crippen LogP contribution < -0.4 is 15.4 Å². The maximum absolute atomic E-state index is 12.7. The monoisotopic (exact) mass is 366 g/mol. The molecule has 2 amide bonds. The lowest BCUT2D eigenvalue weighted by molar-refractivity contribution is -0.114. The molecule has 9 nitrogen and oxygen atoms in total. The van der Waals surface area contributed by atoms with E-state index in [4.69, 9.17) is 4.74 Å². The van der Waals surface area contributed by atoms with Gasteiger partial charge in [0.15, 0.2) is 11.5 Å². The Kier molecular flexibility index (Phi) is 4.19. The van der Waals surface area contributed by atoms with Gasteiger partial charge in [-0.1, -0.05) is 0 Å². The molecule has 2 heterocycles. The van der Waals surface area contributed by atoms with E-state index in [1.54, 1.807) is 34.8 Å². The van der Waals surface area contributed by atoms with E-state index >= 15 is 0 Å². The van der Waals surface area contributed by atoms with Crippen molar-refractivity contribution >= 4 is 28.8 Å². The minimum atomic E-state index is -0.398. The Morgan fingerprint density at radius 1 is 1.15 bits per heavy atom. The van der Waals surface area contributed by atoms with Crippen molar-refractivity contribution in [3.8, 4) is 5.75 Å². The van der Waals surface area contributed by atoms with Gasteiger partial charge in [-0.25, -0.2) is 0 Å². The fraction of sp³-hybridized carbons (Fsp3) is 0.278. The van der Waals surface area contributed by atoms with Crippen LogP contribution in [0.1, 0.15) is 42.0 Å². The molecule has 0 unspecified atom stereocenters.